The van der Waals surface area contributed by atoms with Crippen LogP contribution in [0.4, 0.5) is 0 Å². The zero-order chi connectivity index (χ0) is 26.9. The standard InChI is InChI=1S/C29H28O9/c1-33-18-22-23(34-2)24(36-26(30)19-12-6-3-7-13-19)25(37-27(31)20-14-8-4-9-15-20)29(35-22)38-28(32)21-16-10-5-11-17-21/h3-17,22-25,29H,18H2,1-2H3. The van der Waals surface area contributed by atoms with Crippen molar-refractivity contribution in [3.63, 3.8) is 0 Å². The fraction of sp³-hybridized carbons (Fsp3) is 0.276. The van der Waals surface area contributed by atoms with Crippen molar-refractivity contribution in [3.8, 4) is 0 Å². The van der Waals surface area contributed by atoms with E-state index in [0.717, 1.165) is 0 Å². The first-order valence-electron chi connectivity index (χ1n) is 12.0. The largest absolute Gasteiger partial charge is 0.452 e. The Bertz CT molecular complexity index is 1200. The van der Waals surface area contributed by atoms with Gasteiger partial charge in [-0.2, -0.15) is 0 Å². The summed E-state index contributed by atoms with van der Waals surface area (Å²) >= 11 is 0. The van der Waals surface area contributed by atoms with Crippen LogP contribution in [0.2, 0.25) is 0 Å². The molecule has 0 N–H and O–H groups in total. The van der Waals surface area contributed by atoms with Gasteiger partial charge in [0.15, 0.2) is 6.10 Å². The lowest BCUT2D eigenvalue weighted by molar-refractivity contribution is -0.288. The lowest BCUT2D eigenvalue weighted by Gasteiger charge is -2.44. The van der Waals surface area contributed by atoms with Crippen LogP contribution >= 0.6 is 0 Å². The lowest BCUT2D eigenvalue weighted by Crippen LogP contribution is -2.62. The minimum absolute atomic E-state index is 0.0244. The molecule has 0 spiro atoms. The van der Waals surface area contributed by atoms with Gasteiger partial charge >= 0.3 is 17.9 Å². The molecule has 1 saturated heterocycles. The summed E-state index contributed by atoms with van der Waals surface area (Å²) in [5, 5.41) is 0. The van der Waals surface area contributed by atoms with E-state index in [0.29, 0.717) is 0 Å². The molecule has 38 heavy (non-hydrogen) atoms. The van der Waals surface area contributed by atoms with Gasteiger partial charge in [-0.25, -0.2) is 14.4 Å². The number of methoxy groups -OCH3 is 2. The molecule has 9 heteroatoms. The molecule has 0 amide bonds. The van der Waals surface area contributed by atoms with Crippen molar-refractivity contribution in [1.29, 1.82) is 0 Å². The van der Waals surface area contributed by atoms with Gasteiger partial charge in [0.1, 0.15) is 12.2 Å². The van der Waals surface area contributed by atoms with Crippen molar-refractivity contribution in [2.75, 3.05) is 20.8 Å². The Hall–Kier alpha value is -4.05. The second-order valence-electron chi connectivity index (χ2n) is 8.44. The van der Waals surface area contributed by atoms with Crippen molar-refractivity contribution >= 4 is 17.9 Å². The van der Waals surface area contributed by atoms with E-state index in [9.17, 15) is 14.4 Å². The Morgan fingerprint density at radius 3 is 1.45 bits per heavy atom. The Labute approximate surface area is 220 Å². The van der Waals surface area contributed by atoms with Gasteiger partial charge in [-0.1, -0.05) is 54.6 Å². The van der Waals surface area contributed by atoms with E-state index in [1.165, 1.54) is 14.2 Å². The van der Waals surface area contributed by atoms with Gasteiger partial charge in [0.25, 0.3) is 0 Å². The molecule has 0 radical (unpaired) electrons. The zero-order valence-electron chi connectivity index (χ0n) is 20.9. The molecule has 1 aliphatic heterocycles. The molecule has 5 unspecified atom stereocenters. The fourth-order valence-corrected chi connectivity index (χ4v) is 4.10. The van der Waals surface area contributed by atoms with Crippen LogP contribution in [0.1, 0.15) is 31.1 Å². The normalized spacial score (nSPS) is 22.7. The molecular formula is C29H28O9. The minimum Gasteiger partial charge on any atom is -0.452 e. The van der Waals surface area contributed by atoms with Crippen molar-refractivity contribution < 1.29 is 42.8 Å². The Morgan fingerprint density at radius 1 is 0.605 bits per heavy atom. The number of benzene rings is 3. The molecule has 3 aromatic carbocycles. The van der Waals surface area contributed by atoms with Gasteiger partial charge < -0.3 is 28.4 Å². The molecule has 0 bridgehead atoms. The molecule has 0 aliphatic carbocycles. The molecule has 1 fully saturated rings. The number of rotatable bonds is 9. The first-order valence-corrected chi connectivity index (χ1v) is 12.0. The van der Waals surface area contributed by atoms with E-state index in [1.807, 2.05) is 0 Å². The van der Waals surface area contributed by atoms with Crippen LogP contribution in [0, 0.1) is 0 Å². The molecule has 0 aromatic heterocycles. The first kappa shape index (κ1) is 27.0. The van der Waals surface area contributed by atoms with Crippen molar-refractivity contribution in [2.45, 2.75) is 30.7 Å². The fourth-order valence-electron chi connectivity index (χ4n) is 4.10. The minimum atomic E-state index is -1.43. The second kappa shape index (κ2) is 13.0. The average Bonchev–Trinajstić information content (AvgIpc) is 2.96. The molecule has 198 valence electrons. The summed E-state index contributed by atoms with van der Waals surface area (Å²) < 4.78 is 34.3. The Morgan fingerprint density at radius 2 is 1.03 bits per heavy atom. The van der Waals surface area contributed by atoms with E-state index in [2.05, 4.69) is 0 Å². The molecule has 4 rings (SSSR count). The number of carbonyl (C=O) groups is 3. The zero-order valence-corrected chi connectivity index (χ0v) is 20.9. The van der Waals surface area contributed by atoms with Crippen LogP contribution in [0.15, 0.2) is 91.0 Å². The van der Waals surface area contributed by atoms with Gasteiger partial charge in [0, 0.05) is 14.2 Å². The van der Waals surface area contributed by atoms with Gasteiger partial charge in [0.2, 0.25) is 12.4 Å². The summed E-state index contributed by atoms with van der Waals surface area (Å²) in [4.78, 5) is 39.2. The maximum absolute atomic E-state index is 13.1. The van der Waals surface area contributed by atoms with Gasteiger partial charge in [-0.15, -0.1) is 0 Å². The third-order valence-corrected chi connectivity index (χ3v) is 5.93. The van der Waals surface area contributed by atoms with Crippen LogP contribution in [-0.4, -0.2) is 69.4 Å². The van der Waals surface area contributed by atoms with Crippen LogP contribution < -0.4 is 0 Å². The number of carbonyl (C=O) groups excluding carboxylic acids is 3. The van der Waals surface area contributed by atoms with Gasteiger partial charge in [0.05, 0.1) is 23.3 Å². The summed E-state index contributed by atoms with van der Waals surface area (Å²) in [6, 6.07) is 24.9. The third-order valence-electron chi connectivity index (χ3n) is 5.93. The maximum Gasteiger partial charge on any atom is 0.340 e. The van der Waals surface area contributed by atoms with Crippen molar-refractivity contribution in [3.05, 3.63) is 108 Å². The van der Waals surface area contributed by atoms with E-state index in [-0.39, 0.29) is 23.3 Å². The molecule has 0 saturated carbocycles. The predicted octanol–water partition coefficient (Wildman–Crippen LogP) is 3.68. The maximum atomic E-state index is 13.1. The number of esters is 3. The van der Waals surface area contributed by atoms with Crippen LogP contribution in [-0.2, 0) is 28.4 Å². The smallest absolute Gasteiger partial charge is 0.340 e. The first-order chi connectivity index (χ1) is 18.5. The molecule has 9 nitrogen and oxygen atoms in total. The van der Waals surface area contributed by atoms with Crippen LogP contribution in [0.3, 0.4) is 0 Å². The number of hydrogen-bond donors (Lipinski definition) is 0. The summed E-state index contributed by atoms with van der Waals surface area (Å²) in [5.74, 6) is -2.11. The average molecular weight is 521 g/mol. The highest BCUT2D eigenvalue weighted by atomic mass is 16.7. The molecule has 5 atom stereocenters. The summed E-state index contributed by atoms with van der Waals surface area (Å²) in [6.45, 7) is 0.0244. The van der Waals surface area contributed by atoms with E-state index < -0.39 is 48.6 Å². The topological polar surface area (TPSA) is 107 Å². The van der Waals surface area contributed by atoms with E-state index in [4.69, 9.17) is 28.4 Å². The SMILES string of the molecule is COCC1OC(OC(=O)c2ccccc2)C(OC(=O)c2ccccc2)C(OC(=O)c2ccccc2)C1OC. The molecular weight excluding hydrogens is 492 g/mol. The molecule has 1 heterocycles. The van der Waals surface area contributed by atoms with E-state index in [1.54, 1.807) is 91.0 Å². The van der Waals surface area contributed by atoms with Gasteiger partial charge in [-0.05, 0) is 36.4 Å². The number of hydrogen-bond acceptors (Lipinski definition) is 9. The predicted molar refractivity (Wildman–Crippen MR) is 134 cm³/mol. The highest BCUT2D eigenvalue weighted by molar-refractivity contribution is 5.91. The number of ether oxygens (including phenoxy) is 6. The second-order valence-corrected chi connectivity index (χ2v) is 8.44. The Balaban J connectivity index is 1.69. The molecule has 1 aliphatic rings. The quantitative estimate of drug-likeness (QED) is 0.308. The summed E-state index contributed by atoms with van der Waals surface area (Å²) in [7, 11) is 2.87. The van der Waals surface area contributed by atoms with Crippen molar-refractivity contribution in [2.24, 2.45) is 0 Å². The van der Waals surface area contributed by atoms with Crippen LogP contribution in [0.5, 0.6) is 0 Å². The summed E-state index contributed by atoms with van der Waals surface area (Å²) in [5.41, 5.74) is 0.795. The highest BCUT2D eigenvalue weighted by Gasteiger charge is 2.52. The summed E-state index contributed by atoms with van der Waals surface area (Å²) in [6.07, 6.45) is -5.74. The highest BCUT2D eigenvalue weighted by Crippen LogP contribution is 2.31. The van der Waals surface area contributed by atoms with Crippen molar-refractivity contribution in [1.82, 2.24) is 0 Å². The third kappa shape index (κ3) is 6.44. The lowest BCUT2D eigenvalue weighted by atomic mass is 9.98. The van der Waals surface area contributed by atoms with E-state index >= 15 is 0 Å². The van der Waals surface area contributed by atoms with Crippen LogP contribution in [0.25, 0.3) is 0 Å². The monoisotopic (exact) mass is 520 g/mol. The van der Waals surface area contributed by atoms with Gasteiger partial charge in [-0.3, -0.25) is 0 Å². The molecule has 3 aromatic rings. The Kier molecular flexibility index (Phi) is 9.21.